The highest BCUT2D eigenvalue weighted by molar-refractivity contribution is 5.81. The lowest BCUT2D eigenvalue weighted by Crippen LogP contribution is -2.30. The molecule has 1 fully saturated rings. The average Bonchev–Trinajstić information content (AvgIpc) is 3.01. The summed E-state index contributed by atoms with van der Waals surface area (Å²) in [5.41, 5.74) is 2.59. The maximum absolute atomic E-state index is 12.9. The van der Waals surface area contributed by atoms with Crippen molar-refractivity contribution in [3.8, 4) is 0 Å². The molecule has 3 atom stereocenters. The van der Waals surface area contributed by atoms with E-state index in [1.165, 1.54) is 11.1 Å². The van der Waals surface area contributed by atoms with Gasteiger partial charge in [-0.15, -0.1) is 0 Å². The molecular formula is C22H27NO. The van der Waals surface area contributed by atoms with E-state index in [4.69, 9.17) is 0 Å². The van der Waals surface area contributed by atoms with E-state index in [0.717, 1.165) is 25.8 Å². The normalized spacial score (nSPS) is 20.2. The van der Waals surface area contributed by atoms with Crippen molar-refractivity contribution in [1.29, 1.82) is 0 Å². The molecule has 0 spiro atoms. The fraction of sp³-hybridized carbons (Fsp3) is 0.409. The molecule has 0 radical (unpaired) electrons. The van der Waals surface area contributed by atoms with Crippen LogP contribution >= 0.6 is 0 Å². The standard InChI is InChI=1S/C22H27NO/c1-3-18(20-12-8-5-9-13-20)16-21-14-15-23(22(21)24)17(2)19-10-6-4-7-11-19/h4-13,17-18,21H,3,14-16H2,1-2H3/t17-,18+,21-/m0/s1. The number of hydrogen-bond acceptors (Lipinski definition) is 1. The van der Waals surface area contributed by atoms with Gasteiger partial charge in [0.2, 0.25) is 5.91 Å². The van der Waals surface area contributed by atoms with Crippen molar-refractivity contribution in [2.24, 2.45) is 5.92 Å². The quantitative estimate of drug-likeness (QED) is 0.718. The molecule has 0 saturated carbocycles. The summed E-state index contributed by atoms with van der Waals surface area (Å²) < 4.78 is 0. The Labute approximate surface area is 145 Å². The first kappa shape index (κ1) is 16.8. The first-order valence-electron chi connectivity index (χ1n) is 9.11. The number of carbonyl (C=O) groups is 1. The lowest BCUT2D eigenvalue weighted by Gasteiger charge is -2.26. The zero-order valence-corrected chi connectivity index (χ0v) is 14.7. The van der Waals surface area contributed by atoms with Crippen molar-refractivity contribution >= 4 is 5.91 Å². The molecular weight excluding hydrogens is 294 g/mol. The highest BCUT2D eigenvalue weighted by Crippen LogP contribution is 2.35. The maximum atomic E-state index is 12.9. The predicted molar refractivity (Wildman–Crippen MR) is 98.8 cm³/mol. The Morgan fingerprint density at radius 1 is 1.00 bits per heavy atom. The van der Waals surface area contributed by atoms with E-state index in [2.05, 4.69) is 61.2 Å². The van der Waals surface area contributed by atoms with Crippen LogP contribution in [-0.4, -0.2) is 17.4 Å². The van der Waals surface area contributed by atoms with Gasteiger partial charge in [0, 0.05) is 12.5 Å². The van der Waals surface area contributed by atoms with E-state index in [0.29, 0.717) is 11.8 Å². The van der Waals surface area contributed by atoms with Crippen molar-refractivity contribution in [2.45, 2.75) is 45.1 Å². The molecule has 126 valence electrons. The van der Waals surface area contributed by atoms with Gasteiger partial charge in [-0.05, 0) is 43.2 Å². The van der Waals surface area contributed by atoms with Crippen molar-refractivity contribution in [3.05, 3.63) is 71.8 Å². The highest BCUT2D eigenvalue weighted by atomic mass is 16.2. The minimum absolute atomic E-state index is 0.167. The highest BCUT2D eigenvalue weighted by Gasteiger charge is 2.35. The fourth-order valence-corrected chi connectivity index (χ4v) is 3.88. The first-order valence-corrected chi connectivity index (χ1v) is 9.11. The van der Waals surface area contributed by atoms with E-state index >= 15 is 0 Å². The summed E-state index contributed by atoms with van der Waals surface area (Å²) in [5.74, 6) is 0.981. The lowest BCUT2D eigenvalue weighted by atomic mass is 9.86. The Hall–Kier alpha value is -2.09. The number of rotatable bonds is 6. The van der Waals surface area contributed by atoms with Gasteiger partial charge in [-0.25, -0.2) is 0 Å². The van der Waals surface area contributed by atoms with E-state index in [9.17, 15) is 4.79 Å². The summed E-state index contributed by atoms with van der Waals surface area (Å²) in [7, 11) is 0. The Morgan fingerprint density at radius 2 is 1.58 bits per heavy atom. The predicted octanol–water partition coefficient (Wildman–Crippen LogP) is 5.18. The molecule has 2 aromatic carbocycles. The Bertz CT molecular complexity index is 652. The third-order valence-corrected chi connectivity index (χ3v) is 5.43. The monoisotopic (exact) mass is 321 g/mol. The number of benzene rings is 2. The van der Waals surface area contributed by atoms with Crippen LogP contribution in [0.5, 0.6) is 0 Å². The van der Waals surface area contributed by atoms with Gasteiger partial charge in [-0.1, -0.05) is 67.6 Å². The van der Waals surface area contributed by atoms with Crippen LogP contribution < -0.4 is 0 Å². The molecule has 0 bridgehead atoms. The molecule has 1 saturated heterocycles. The van der Waals surface area contributed by atoms with Gasteiger partial charge in [0.05, 0.1) is 6.04 Å². The third kappa shape index (κ3) is 3.53. The smallest absolute Gasteiger partial charge is 0.226 e. The molecule has 2 aromatic rings. The van der Waals surface area contributed by atoms with Crippen LogP contribution in [0.3, 0.4) is 0 Å². The summed E-state index contributed by atoms with van der Waals surface area (Å²) in [6, 6.07) is 21.1. The van der Waals surface area contributed by atoms with Crippen molar-refractivity contribution < 1.29 is 4.79 Å². The number of amides is 1. The number of carbonyl (C=O) groups excluding carboxylic acids is 1. The van der Waals surface area contributed by atoms with Gasteiger partial charge in [0.15, 0.2) is 0 Å². The SMILES string of the molecule is CC[C@H](C[C@@H]1CCN([C@@H](C)c2ccccc2)C1=O)c1ccccc1. The second-order valence-corrected chi connectivity index (χ2v) is 6.86. The molecule has 2 heteroatoms. The van der Waals surface area contributed by atoms with Crippen LogP contribution in [0.2, 0.25) is 0 Å². The average molecular weight is 321 g/mol. The molecule has 0 unspecified atom stereocenters. The molecule has 0 aliphatic carbocycles. The van der Waals surface area contributed by atoms with Crippen molar-refractivity contribution in [2.75, 3.05) is 6.54 Å². The molecule has 1 aliphatic rings. The van der Waals surface area contributed by atoms with Crippen LogP contribution in [0.1, 0.15) is 56.2 Å². The van der Waals surface area contributed by atoms with E-state index in [-0.39, 0.29) is 12.0 Å². The van der Waals surface area contributed by atoms with Crippen LogP contribution in [0.4, 0.5) is 0 Å². The Balaban J connectivity index is 1.68. The first-order chi connectivity index (χ1) is 11.7. The van der Waals surface area contributed by atoms with Gasteiger partial charge in [-0.3, -0.25) is 4.79 Å². The summed E-state index contributed by atoms with van der Waals surface area (Å²) in [4.78, 5) is 15.0. The van der Waals surface area contributed by atoms with Gasteiger partial charge < -0.3 is 4.90 Å². The molecule has 0 aromatic heterocycles. The van der Waals surface area contributed by atoms with Gasteiger partial charge in [-0.2, -0.15) is 0 Å². The Morgan fingerprint density at radius 3 is 2.17 bits per heavy atom. The zero-order chi connectivity index (χ0) is 16.9. The van der Waals surface area contributed by atoms with Crippen LogP contribution in [-0.2, 0) is 4.79 Å². The molecule has 2 nitrogen and oxygen atoms in total. The summed E-state index contributed by atoms with van der Waals surface area (Å²) in [5, 5.41) is 0. The zero-order valence-electron chi connectivity index (χ0n) is 14.7. The fourth-order valence-electron chi connectivity index (χ4n) is 3.88. The van der Waals surface area contributed by atoms with E-state index in [1.807, 2.05) is 18.2 Å². The summed E-state index contributed by atoms with van der Waals surface area (Å²) >= 11 is 0. The van der Waals surface area contributed by atoms with E-state index in [1.54, 1.807) is 0 Å². The van der Waals surface area contributed by atoms with Gasteiger partial charge >= 0.3 is 0 Å². The van der Waals surface area contributed by atoms with Crippen LogP contribution in [0.25, 0.3) is 0 Å². The van der Waals surface area contributed by atoms with Gasteiger partial charge in [0.25, 0.3) is 0 Å². The van der Waals surface area contributed by atoms with Crippen LogP contribution in [0, 0.1) is 5.92 Å². The van der Waals surface area contributed by atoms with Crippen LogP contribution in [0.15, 0.2) is 60.7 Å². The molecule has 3 rings (SSSR count). The molecule has 0 N–H and O–H groups in total. The minimum Gasteiger partial charge on any atom is -0.336 e. The lowest BCUT2D eigenvalue weighted by molar-refractivity contribution is -0.133. The summed E-state index contributed by atoms with van der Waals surface area (Å²) in [6.07, 6.45) is 3.04. The minimum atomic E-state index is 0.167. The maximum Gasteiger partial charge on any atom is 0.226 e. The largest absolute Gasteiger partial charge is 0.336 e. The molecule has 24 heavy (non-hydrogen) atoms. The van der Waals surface area contributed by atoms with Crippen molar-refractivity contribution in [1.82, 2.24) is 4.90 Å². The third-order valence-electron chi connectivity index (χ3n) is 5.43. The van der Waals surface area contributed by atoms with E-state index < -0.39 is 0 Å². The molecule has 1 aliphatic heterocycles. The summed E-state index contributed by atoms with van der Waals surface area (Å²) in [6.45, 7) is 5.25. The number of hydrogen-bond donors (Lipinski definition) is 0. The van der Waals surface area contributed by atoms with Crippen molar-refractivity contribution in [3.63, 3.8) is 0 Å². The molecule has 1 amide bonds. The second-order valence-electron chi connectivity index (χ2n) is 6.86. The van der Waals surface area contributed by atoms with Gasteiger partial charge in [0.1, 0.15) is 0 Å². The second kappa shape index (κ2) is 7.65. The number of nitrogens with zero attached hydrogens (tertiary/aromatic N) is 1. The topological polar surface area (TPSA) is 20.3 Å². The Kier molecular flexibility index (Phi) is 5.34. The number of likely N-dealkylation sites (tertiary alicyclic amines) is 1. The molecule has 1 heterocycles.